The number of halogens is 1. The van der Waals surface area contributed by atoms with Gasteiger partial charge in [-0.1, -0.05) is 15.9 Å². The third kappa shape index (κ3) is 2.12. The maximum absolute atomic E-state index is 12.0. The highest BCUT2D eigenvalue weighted by molar-refractivity contribution is 9.10. The van der Waals surface area contributed by atoms with Crippen molar-refractivity contribution in [2.45, 2.75) is 19.4 Å². The summed E-state index contributed by atoms with van der Waals surface area (Å²) in [6.07, 6.45) is 0. The number of hydrogen-bond donors (Lipinski definition) is 1. The fraction of sp³-hybridized carbons (Fsp3) is 0.462. The van der Waals surface area contributed by atoms with Crippen molar-refractivity contribution < 1.29 is 4.79 Å². The van der Waals surface area contributed by atoms with Crippen LogP contribution in [0.1, 0.15) is 13.8 Å². The van der Waals surface area contributed by atoms with Crippen LogP contribution in [-0.4, -0.2) is 31.6 Å². The first-order valence-corrected chi connectivity index (χ1v) is 6.70. The van der Waals surface area contributed by atoms with Crippen molar-refractivity contribution in [3.63, 3.8) is 0 Å². The van der Waals surface area contributed by atoms with Crippen LogP contribution in [0.5, 0.6) is 0 Å². The van der Waals surface area contributed by atoms with Crippen LogP contribution >= 0.6 is 15.9 Å². The molecule has 1 aliphatic rings. The van der Waals surface area contributed by atoms with E-state index in [9.17, 15) is 4.79 Å². The number of likely N-dealkylation sites (N-methyl/N-ethyl adjacent to an activating group) is 1. The van der Waals surface area contributed by atoms with Crippen LogP contribution in [-0.2, 0) is 4.79 Å². The van der Waals surface area contributed by atoms with E-state index in [0.717, 1.165) is 15.8 Å². The van der Waals surface area contributed by atoms with E-state index in [1.54, 1.807) is 4.90 Å². The van der Waals surface area contributed by atoms with Crippen LogP contribution in [0.25, 0.3) is 0 Å². The minimum absolute atomic E-state index is 0.0892. The summed E-state index contributed by atoms with van der Waals surface area (Å²) in [4.78, 5) is 15.8. The number of carbonyl (C=O) groups excluding carboxylic acids is 1. The van der Waals surface area contributed by atoms with E-state index in [2.05, 4.69) is 34.7 Å². The van der Waals surface area contributed by atoms with Gasteiger partial charge in [-0.05, 0) is 32.0 Å². The molecular weight excluding hydrogens is 294 g/mol. The van der Waals surface area contributed by atoms with E-state index in [1.807, 2.05) is 25.2 Å². The summed E-state index contributed by atoms with van der Waals surface area (Å²) in [5, 5.41) is 0. The molecule has 4 nitrogen and oxygen atoms in total. The lowest BCUT2D eigenvalue weighted by Crippen LogP contribution is -2.56. The van der Waals surface area contributed by atoms with Crippen molar-refractivity contribution in [2.24, 2.45) is 5.73 Å². The number of hydrogen-bond acceptors (Lipinski definition) is 3. The summed E-state index contributed by atoms with van der Waals surface area (Å²) in [7, 11) is 1.81. The monoisotopic (exact) mass is 311 g/mol. The second-order valence-corrected chi connectivity index (χ2v) is 6.10. The molecule has 0 aromatic heterocycles. The number of nitrogens with two attached hydrogens (primary N) is 1. The Morgan fingerprint density at radius 1 is 1.39 bits per heavy atom. The van der Waals surface area contributed by atoms with E-state index in [4.69, 9.17) is 5.73 Å². The Balaban J connectivity index is 2.56. The van der Waals surface area contributed by atoms with Gasteiger partial charge in [0.05, 0.1) is 17.9 Å². The summed E-state index contributed by atoms with van der Waals surface area (Å²) in [6.45, 7) is 4.96. The zero-order valence-electron chi connectivity index (χ0n) is 10.9. The number of amides is 1. The van der Waals surface area contributed by atoms with E-state index >= 15 is 0 Å². The largest absolute Gasteiger partial charge is 0.354 e. The van der Waals surface area contributed by atoms with Gasteiger partial charge in [0.25, 0.3) is 0 Å². The quantitative estimate of drug-likeness (QED) is 0.908. The Bertz CT molecular complexity index is 487. The van der Waals surface area contributed by atoms with Crippen molar-refractivity contribution in [3.8, 4) is 0 Å². The molecule has 1 aliphatic heterocycles. The number of nitrogens with zero attached hydrogens (tertiary/aromatic N) is 2. The summed E-state index contributed by atoms with van der Waals surface area (Å²) >= 11 is 3.48. The number of carbonyl (C=O) groups is 1. The Kier molecular flexibility index (Phi) is 3.38. The van der Waals surface area contributed by atoms with E-state index in [1.165, 1.54) is 0 Å². The molecule has 18 heavy (non-hydrogen) atoms. The molecule has 0 atom stereocenters. The third-order valence-electron chi connectivity index (χ3n) is 3.49. The summed E-state index contributed by atoms with van der Waals surface area (Å²) in [5.74, 6) is 0.0892. The maximum atomic E-state index is 12.0. The zero-order chi connectivity index (χ0) is 13.5. The third-order valence-corrected chi connectivity index (χ3v) is 3.98. The maximum Gasteiger partial charge on any atom is 0.246 e. The lowest BCUT2D eigenvalue weighted by atomic mass is 9.99. The van der Waals surface area contributed by atoms with E-state index < -0.39 is 0 Å². The molecule has 0 bridgehead atoms. The Hall–Kier alpha value is -1.07. The van der Waals surface area contributed by atoms with Crippen LogP contribution in [0.15, 0.2) is 22.7 Å². The SMILES string of the molecule is CN1C(=O)CN(C(C)(C)CN)c2cc(Br)ccc21. The second-order valence-electron chi connectivity index (χ2n) is 5.19. The van der Waals surface area contributed by atoms with E-state index in [0.29, 0.717) is 13.1 Å². The molecule has 0 unspecified atom stereocenters. The summed E-state index contributed by atoms with van der Waals surface area (Å²) in [5.41, 5.74) is 7.56. The number of anilines is 2. The lowest BCUT2D eigenvalue weighted by Gasteiger charge is -2.44. The molecule has 0 saturated heterocycles. The normalized spacial score (nSPS) is 15.9. The van der Waals surface area contributed by atoms with Crippen molar-refractivity contribution in [1.29, 1.82) is 0 Å². The van der Waals surface area contributed by atoms with Crippen LogP contribution < -0.4 is 15.5 Å². The molecule has 1 heterocycles. The molecule has 1 amide bonds. The molecule has 0 spiro atoms. The molecular formula is C13H18BrN3O. The van der Waals surface area contributed by atoms with Gasteiger partial charge >= 0.3 is 0 Å². The minimum atomic E-state index is -0.244. The lowest BCUT2D eigenvalue weighted by molar-refractivity contribution is -0.117. The Morgan fingerprint density at radius 3 is 2.67 bits per heavy atom. The molecule has 5 heteroatoms. The fourth-order valence-corrected chi connectivity index (χ4v) is 2.46. The first-order chi connectivity index (χ1) is 8.36. The van der Waals surface area contributed by atoms with Crippen molar-refractivity contribution >= 4 is 33.2 Å². The zero-order valence-corrected chi connectivity index (χ0v) is 12.5. The Labute approximate surface area is 116 Å². The van der Waals surface area contributed by atoms with E-state index in [-0.39, 0.29) is 11.4 Å². The van der Waals surface area contributed by atoms with Crippen LogP contribution in [0, 0.1) is 0 Å². The highest BCUT2D eigenvalue weighted by Gasteiger charge is 2.34. The summed E-state index contributed by atoms with van der Waals surface area (Å²) in [6, 6.07) is 5.94. The molecule has 0 fully saturated rings. The average Bonchev–Trinajstić information content (AvgIpc) is 2.33. The molecule has 1 aromatic rings. The molecule has 1 aromatic carbocycles. The first-order valence-electron chi connectivity index (χ1n) is 5.90. The van der Waals surface area contributed by atoms with Gasteiger partial charge in [-0.25, -0.2) is 0 Å². The highest BCUT2D eigenvalue weighted by Crippen LogP contribution is 2.38. The van der Waals surface area contributed by atoms with Gasteiger partial charge in [0.15, 0.2) is 0 Å². The first kappa shape index (κ1) is 13.4. The minimum Gasteiger partial charge on any atom is -0.354 e. The molecule has 0 radical (unpaired) electrons. The molecule has 98 valence electrons. The predicted molar refractivity (Wildman–Crippen MR) is 78.0 cm³/mol. The molecule has 0 saturated carbocycles. The van der Waals surface area contributed by atoms with Gasteiger partial charge < -0.3 is 15.5 Å². The van der Waals surface area contributed by atoms with Gasteiger partial charge in [0.2, 0.25) is 5.91 Å². The number of rotatable bonds is 2. The molecule has 2 rings (SSSR count). The average molecular weight is 312 g/mol. The van der Waals surface area contributed by atoms with Gasteiger partial charge in [-0.15, -0.1) is 0 Å². The fourth-order valence-electron chi connectivity index (χ4n) is 2.11. The van der Waals surface area contributed by atoms with Crippen molar-refractivity contribution in [1.82, 2.24) is 0 Å². The van der Waals surface area contributed by atoms with Gasteiger partial charge in [-0.2, -0.15) is 0 Å². The molecule has 0 aliphatic carbocycles. The van der Waals surface area contributed by atoms with Crippen molar-refractivity contribution in [3.05, 3.63) is 22.7 Å². The van der Waals surface area contributed by atoms with Crippen LogP contribution in [0.3, 0.4) is 0 Å². The van der Waals surface area contributed by atoms with Gasteiger partial charge in [0.1, 0.15) is 0 Å². The van der Waals surface area contributed by atoms with Crippen molar-refractivity contribution in [2.75, 3.05) is 29.9 Å². The second kappa shape index (κ2) is 4.55. The van der Waals surface area contributed by atoms with Gasteiger partial charge in [-0.3, -0.25) is 4.79 Å². The van der Waals surface area contributed by atoms with Gasteiger partial charge in [0, 0.05) is 23.6 Å². The molecule has 2 N–H and O–H groups in total. The highest BCUT2D eigenvalue weighted by atomic mass is 79.9. The summed E-state index contributed by atoms with van der Waals surface area (Å²) < 4.78 is 1.00. The standard InChI is InChI=1S/C13H18BrN3O/c1-13(2,8-15)17-7-12(18)16(3)10-5-4-9(14)6-11(10)17/h4-6H,7-8,15H2,1-3H3. The van der Waals surface area contributed by atoms with Crippen LogP contribution in [0.2, 0.25) is 0 Å². The number of fused-ring (bicyclic) bond motifs is 1. The number of benzene rings is 1. The Morgan fingerprint density at radius 2 is 2.06 bits per heavy atom. The predicted octanol–water partition coefficient (Wildman–Crippen LogP) is 1.97. The van der Waals surface area contributed by atoms with Crippen LogP contribution in [0.4, 0.5) is 11.4 Å². The smallest absolute Gasteiger partial charge is 0.246 e. The topological polar surface area (TPSA) is 49.6 Å².